The van der Waals surface area contributed by atoms with Gasteiger partial charge in [-0.3, -0.25) is 9.59 Å². The van der Waals surface area contributed by atoms with Crippen molar-refractivity contribution in [3.63, 3.8) is 0 Å². The molecule has 5 atom stereocenters. The largest absolute Gasteiger partial charge is 0.351 e. The van der Waals surface area contributed by atoms with Gasteiger partial charge in [-0.25, -0.2) is 0 Å². The molecule has 0 aliphatic heterocycles. The average molecular weight is 348 g/mol. The lowest BCUT2D eigenvalue weighted by atomic mass is 9.45. The van der Waals surface area contributed by atoms with Crippen molar-refractivity contribution in [2.75, 3.05) is 7.05 Å². The molecular formula is C20H33N3O2. The highest BCUT2D eigenvalue weighted by molar-refractivity contribution is 5.83. The van der Waals surface area contributed by atoms with Gasteiger partial charge in [0, 0.05) is 25.6 Å². The van der Waals surface area contributed by atoms with Gasteiger partial charge in [0.1, 0.15) is 0 Å². The second-order valence-electron chi connectivity index (χ2n) is 9.68. The van der Waals surface area contributed by atoms with E-state index in [1.165, 1.54) is 6.42 Å². The quantitative estimate of drug-likeness (QED) is 0.799. The minimum absolute atomic E-state index is 0.0536. The molecule has 3 N–H and O–H groups in total. The first-order chi connectivity index (χ1) is 11.8. The molecule has 0 radical (unpaired) electrons. The lowest BCUT2D eigenvalue weighted by Gasteiger charge is -2.63. The van der Waals surface area contributed by atoms with Crippen molar-refractivity contribution in [2.45, 2.75) is 82.8 Å². The Hall–Kier alpha value is -1.10. The first kappa shape index (κ1) is 17.3. The van der Waals surface area contributed by atoms with Crippen LogP contribution in [0.2, 0.25) is 0 Å². The predicted octanol–water partition coefficient (Wildman–Crippen LogP) is 2.05. The molecule has 0 heterocycles. The minimum atomic E-state index is -0.422. The molecule has 5 rings (SSSR count). The standard InChI is InChI=1S/C20H33N3O2/c1-4-15-6-16(15)23(3)18(25)17(21)19-7-13-5-14(8-19)10-20(9-13,11-19)22-12(2)24/h13-17H,4-11,21H2,1-3H3,(H,22,24). The zero-order valence-electron chi connectivity index (χ0n) is 15.9. The molecule has 0 saturated heterocycles. The summed E-state index contributed by atoms with van der Waals surface area (Å²) in [5.74, 6) is 2.06. The molecule has 5 aliphatic rings. The highest BCUT2D eigenvalue weighted by Gasteiger charge is 2.61. The highest BCUT2D eigenvalue weighted by atomic mass is 16.2. The zero-order valence-corrected chi connectivity index (χ0v) is 15.9. The van der Waals surface area contributed by atoms with Crippen molar-refractivity contribution in [3.05, 3.63) is 0 Å². The minimum Gasteiger partial charge on any atom is -0.351 e. The number of hydrogen-bond donors (Lipinski definition) is 2. The van der Waals surface area contributed by atoms with Crippen LogP contribution in [0.3, 0.4) is 0 Å². The molecule has 2 amide bonds. The van der Waals surface area contributed by atoms with E-state index in [1.807, 2.05) is 11.9 Å². The highest BCUT2D eigenvalue weighted by Crippen LogP contribution is 2.62. The molecule has 5 unspecified atom stereocenters. The molecule has 5 saturated carbocycles. The van der Waals surface area contributed by atoms with Crippen LogP contribution in [0.25, 0.3) is 0 Å². The summed E-state index contributed by atoms with van der Waals surface area (Å²) < 4.78 is 0. The van der Waals surface area contributed by atoms with Gasteiger partial charge in [-0.2, -0.15) is 0 Å². The summed E-state index contributed by atoms with van der Waals surface area (Å²) in [6.07, 6.45) is 8.67. The first-order valence-electron chi connectivity index (χ1n) is 10.1. The Kier molecular flexibility index (Phi) is 3.95. The summed E-state index contributed by atoms with van der Waals surface area (Å²) in [7, 11) is 1.94. The number of hydrogen-bond acceptors (Lipinski definition) is 3. The molecule has 5 aliphatic carbocycles. The van der Waals surface area contributed by atoms with Crippen molar-refractivity contribution in [2.24, 2.45) is 28.9 Å². The molecule has 0 spiro atoms. The zero-order chi connectivity index (χ0) is 18.0. The number of carbonyl (C=O) groups excluding carboxylic acids is 2. The Bertz CT molecular complexity index is 575. The van der Waals surface area contributed by atoms with Crippen LogP contribution in [0.1, 0.15) is 65.2 Å². The van der Waals surface area contributed by atoms with Crippen LogP contribution in [-0.2, 0) is 9.59 Å². The molecule has 4 bridgehead atoms. The van der Waals surface area contributed by atoms with E-state index in [4.69, 9.17) is 5.73 Å². The normalized spacial score (nSPS) is 45.1. The van der Waals surface area contributed by atoms with Gasteiger partial charge in [0.25, 0.3) is 0 Å². The maximum Gasteiger partial charge on any atom is 0.240 e. The smallest absolute Gasteiger partial charge is 0.240 e. The third-order valence-electron chi connectivity index (χ3n) is 7.73. The van der Waals surface area contributed by atoms with Crippen molar-refractivity contribution in [3.8, 4) is 0 Å². The molecule has 140 valence electrons. The van der Waals surface area contributed by atoms with Gasteiger partial charge in [0.05, 0.1) is 6.04 Å². The molecule has 0 aromatic rings. The first-order valence-corrected chi connectivity index (χ1v) is 10.1. The van der Waals surface area contributed by atoms with E-state index >= 15 is 0 Å². The number of amides is 2. The molecule has 25 heavy (non-hydrogen) atoms. The Morgan fingerprint density at radius 3 is 2.36 bits per heavy atom. The fourth-order valence-corrected chi connectivity index (χ4v) is 7.01. The Balaban J connectivity index is 1.54. The lowest BCUT2D eigenvalue weighted by Crippen LogP contribution is -2.68. The van der Waals surface area contributed by atoms with Crippen LogP contribution in [0.15, 0.2) is 0 Å². The number of nitrogens with two attached hydrogens (primary N) is 1. The van der Waals surface area contributed by atoms with Crippen molar-refractivity contribution < 1.29 is 9.59 Å². The van der Waals surface area contributed by atoms with Crippen LogP contribution in [0.5, 0.6) is 0 Å². The van der Waals surface area contributed by atoms with Gasteiger partial charge in [0.15, 0.2) is 0 Å². The summed E-state index contributed by atoms with van der Waals surface area (Å²) in [4.78, 5) is 26.9. The fraction of sp³-hybridized carbons (Fsp3) is 0.900. The van der Waals surface area contributed by atoms with Crippen LogP contribution in [0, 0.1) is 23.2 Å². The predicted molar refractivity (Wildman–Crippen MR) is 96.6 cm³/mol. The molecule has 0 aromatic heterocycles. The lowest BCUT2D eigenvalue weighted by molar-refractivity contribution is -0.147. The molecule has 5 fully saturated rings. The summed E-state index contributed by atoms with van der Waals surface area (Å²) in [5.41, 5.74) is 6.43. The number of nitrogens with one attached hydrogen (secondary N) is 1. The fourth-order valence-electron chi connectivity index (χ4n) is 7.01. The van der Waals surface area contributed by atoms with Crippen molar-refractivity contribution in [1.29, 1.82) is 0 Å². The Labute approximate surface area is 151 Å². The molecule has 5 heteroatoms. The van der Waals surface area contributed by atoms with Gasteiger partial charge < -0.3 is 16.0 Å². The third-order valence-corrected chi connectivity index (χ3v) is 7.73. The maximum absolute atomic E-state index is 13.1. The van der Waals surface area contributed by atoms with E-state index in [1.54, 1.807) is 6.92 Å². The van der Waals surface area contributed by atoms with E-state index in [0.717, 1.165) is 44.9 Å². The summed E-state index contributed by atoms with van der Waals surface area (Å²) >= 11 is 0. The van der Waals surface area contributed by atoms with Crippen LogP contribution < -0.4 is 11.1 Å². The number of carbonyl (C=O) groups is 2. The second kappa shape index (κ2) is 5.70. The van der Waals surface area contributed by atoms with E-state index < -0.39 is 6.04 Å². The van der Waals surface area contributed by atoms with Gasteiger partial charge in [-0.15, -0.1) is 0 Å². The van der Waals surface area contributed by atoms with Crippen LogP contribution in [-0.4, -0.2) is 41.4 Å². The number of likely N-dealkylation sites (N-methyl/N-ethyl adjacent to an activating group) is 1. The van der Waals surface area contributed by atoms with E-state index in [9.17, 15) is 9.59 Å². The van der Waals surface area contributed by atoms with E-state index in [-0.39, 0.29) is 22.8 Å². The van der Waals surface area contributed by atoms with Crippen molar-refractivity contribution >= 4 is 11.8 Å². The van der Waals surface area contributed by atoms with Crippen LogP contribution >= 0.6 is 0 Å². The number of nitrogens with zero attached hydrogens (tertiary/aromatic N) is 1. The summed E-state index contributed by atoms with van der Waals surface area (Å²) in [6.45, 7) is 3.81. The summed E-state index contributed by atoms with van der Waals surface area (Å²) in [5, 5.41) is 3.27. The number of rotatable bonds is 5. The van der Waals surface area contributed by atoms with Gasteiger partial charge in [-0.1, -0.05) is 13.3 Å². The topological polar surface area (TPSA) is 75.4 Å². The Morgan fingerprint density at radius 2 is 1.84 bits per heavy atom. The van der Waals surface area contributed by atoms with E-state index in [0.29, 0.717) is 23.8 Å². The monoisotopic (exact) mass is 347 g/mol. The second-order valence-corrected chi connectivity index (χ2v) is 9.68. The van der Waals surface area contributed by atoms with Gasteiger partial charge in [0.2, 0.25) is 11.8 Å². The van der Waals surface area contributed by atoms with Gasteiger partial charge in [-0.05, 0) is 68.1 Å². The SMILES string of the molecule is CCC1CC1N(C)C(=O)C(N)C12CC3CC(CC(NC(C)=O)(C3)C1)C2. The molecule has 0 aromatic carbocycles. The molecular weight excluding hydrogens is 314 g/mol. The Morgan fingerprint density at radius 1 is 1.20 bits per heavy atom. The maximum atomic E-state index is 13.1. The van der Waals surface area contributed by atoms with Crippen molar-refractivity contribution in [1.82, 2.24) is 10.2 Å². The van der Waals surface area contributed by atoms with Gasteiger partial charge >= 0.3 is 0 Å². The molecule has 5 nitrogen and oxygen atoms in total. The van der Waals surface area contributed by atoms with Crippen LogP contribution in [0.4, 0.5) is 0 Å². The average Bonchev–Trinajstić information content (AvgIpc) is 3.29. The third kappa shape index (κ3) is 2.79. The van der Waals surface area contributed by atoms with E-state index in [2.05, 4.69) is 12.2 Å². The summed E-state index contributed by atoms with van der Waals surface area (Å²) in [6, 6.07) is -0.0311.